The second kappa shape index (κ2) is 11.8. The number of carbonyl (C=O) groups is 1. The van der Waals surface area contributed by atoms with Crippen LogP contribution >= 0.6 is 0 Å². The van der Waals surface area contributed by atoms with Crippen molar-refractivity contribution in [1.82, 2.24) is 0 Å². The molecule has 1 unspecified atom stereocenters. The molecule has 0 saturated carbocycles. The molecule has 0 amide bonds. The van der Waals surface area contributed by atoms with Crippen molar-refractivity contribution in [3.05, 3.63) is 0 Å². The lowest BCUT2D eigenvalue weighted by molar-refractivity contribution is -0.149. The smallest absolute Gasteiger partial charge is 0.307 e. The molecule has 0 spiro atoms. The Morgan fingerprint density at radius 1 is 1.12 bits per heavy atom. The van der Waals surface area contributed by atoms with Gasteiger partial charge in [-0.3, -0.25) is 10.5 Å². The van der Waals surface area contributed by atoms with Crippen molar-refractivity contribution in [2.75, 3.05) is 13.2 Å². The molecular weight excluding hydrogens is 220 g/mol. The van der Waals surface area contributed by atoms with Crippen molar-refractivity contribution in [2.45, 2.75) is 57.6 Å². The van der Waals surface area contributed by atoms with E-state index >= 15 is 0 Å². The summed E-state index contributed by atoms with van der Waals surface area (Å²) in [7, 11) is 0. The highest BCUT2D eigenvalue weighted by Gasteiger charge is 2.08. The second-order valence-electron chi connectivity index (χ2n) is 4.20. The van der Waals surface area contributed by atoms with Gasteiger partial charge in [0, 0.05) is 13.0 Å². The second-order valence-corrected chi connectivity index (χ2v) is 4.20. The van der Waals surface area contributed by atoms with Gasteiger partial charge in [0.05, 0.1) is 0 Å². The molecule has 0 aromatic rings. The van der Waals surface area contributed by atoms with E-state index in [0.717, 1.165) is 38.5 Å². The number of ether oxygens (including phenoxy) is 1. The molecule has 5 heteroatoms. The first kappa shape index (κ1) is 16.4. The van der Waals surface area contributed by atoms with Gasteiger partial charge in [0.1, 0.15) is 0 Å². The number of esters is 1. The number of hydrogen-bond donors (Lipinski definition) is 3. The molecular formula is C12H26N2O3. The third-order valence-corrected chi connectivity index (χ3v) is 2.51. The first-order valence-corrected chi connectivity index (χ1v) is 6.46. The molecule has 1 atom stereocenters. The van der Waals surface area contributed by atoms with Crippen LogP contribution < -0.4 is 11.5 Å². The van der Waals surface area contributed by atoms with Crippen LogP contribution in [0.4, 0.5) is 0 Å². The molecule has 0 fully saturated rings. The molecule has 5 N–H and O–H groups in total. The summed E-state index contributed by atoms with van der Waals surface area (Å²) in [4.78, 5) is 11.3. The van der Waals surface area contributed by atoms with E-state index in [1.54, 1.807) is 0 Å². The van der Waals surface area contributed by atoms with E-state index in [1.165, 1.54) is 0 Å². The quantitative estimate of drug-likeness (QED) is 0.285. The Labute approximate surface area is 104 Å². The minimum absolute atomic E-state index is 0.176. The minimum atomic E-state index is -0.488. The monoisotopic (exact) mass is 246 g/mol. The highest BCUT2D eigenvalue weighted by molar-refractivity contribution is 5.69. The van der Waals surface area contributed by atoms with Gasteiger partial charge in [-0.15, -0.1) is 0 Å². The summed E-state index contributed by atoms with van der Waals surface area (Å²) in [5, 5.41) is 8.57. The van der Waals surface area contributed by atoms with Crippen molar-refractivity contribution in [3.63, 3.8) is 0 Å². The Morgan fingerprint density at radius 3 is 2.47 bits per heavy atom. The fourth-order valence-corrected chi connectivity index (χ4v) is 1.51. The zero-order valence-electron chi connectivity index (χ0n) is 10.6. The number of rotatable bonds is 11. The zero-order valence-corrected chi connectivity index (χ0v) is 10.6. The number of aliphatic hydroxyl groups is 1. The lowest BCUT2D eigenvalue weighted by Crippen LogP contribution is -2.27. The number of hydrogen-bond acceptors (Lipinski definition) is 5. The summed E-state index contributed by atoms with van der Waals surface area (Å²) in [6.07, 6.45) is 5.88. The molecule has 0 radical (unpaired) electrons. The molecule has 0 aromatic carbocycles. The maximum absolute atomic E-state index is 11.3. The Kier molecular flexibility index (Phi) is 11.4. The lowest BCUT2D eigenvalue weighted by Gasteiger charge is -2.12. The lowest BCUT2D eigenvalue weighted by atomic mass is 10.2. The van der Waals surface area contributed by atoms with Crippen molar-refractivity contribution in [1.29, 1.82) is 0 Å². The molecule has 0 saturated heterocycles. The largest absolute Gasteiger partial charge is 0.447 e. The van der Waals surface area contributed by atoms with Crippen LogP contribution in [0.2, 0.25) is 0 Å². The topological polar surface area (TPSA) is 98.6 Å². The summed E-state index contributed by atoms with van der Waals surface area (Å²) in [6.45, 7) is 0.871. The van der Waals surface area contributed by atoms with Gasteiger partial charge in [-0.1, -0.05) is 12.8 Å². The molecule has 0 bridgehead atoms. The van der Waals surface area contributed by atoms with Crippen LogP contribution in [0.15, 0.2) is 0 Å². The number of unbranched alkanes of at least 4 members (excludes halogenated alkanes) is 4. The van der Waals surface area contributed by atoms with E-state index in [1.807, 2.05) is 0 Å². The highest BCUT2D eigenvalue weighted by Crippen LogP contribution is 2.06. The molecule has 17 heavy (non-hydrogen) atoms. The van der Waals surface area contributed by atoms with Crippen LogP contribution in [0.5, 0.6) is 0 Å². The van der Waals surface area contributed by atoms with Crippen LogP contribution in [0.1, 0.15) is 51.4 Å². The fraction of sp³-hybridized carbons (Fsp3) is 0.917. The van der Waals surface area contributed by atoms with E-state index < -0.39 is 6.23 Å². The van der Waals surface area contributed by atoms with Crippen molar-refractivity contribution in [2.24, 2.45) is 11.5 Å². The summed E-state index contributed by atoms with van der Waals surface area (Å²) >= 11 is 0. The molecule has 0 aromatic heterocycles. The number of nitrogens with two attached hydrogens (primary N) is 2. The molecule has 0 aliphatic heterocycles. The summed E-state index contributed by atoms with van der Waals surface area (Å²) in [5.74, 6) is -0.241. The van der Waals surface area contributed by atoms with E-state index in [-0.39, 0.29) is 12.6 Å². The van der Waals surface area contributed by atoms with E-state index in [9.17, 15) is 4.79 Å². The van der Waals surface area contributed by atoms with Crippen LogP contribution in [0.25, 0.3) is 0 Å². The van der Waals surface area contributed by atoms with Gasteiger partial charge in [0.25, 0.3) is 0 Å². The summed E-state index contributed by atoms with van der Waals surface area (Å²) in [6, 6.07) is 0. The standard InChI is InChI=1S/C12H26N2O3/c13-9-5-1-3-7-11(14)17-12(16)8-4-2-6-10-15/h11,15H,1-10,13-14H2. The Hall–Kier alpha value is -0.650. The van der Waals surface area contributed by atoms with Gasteiger partial charge in [0.15, 0.2) is 6.23 Å². The average molecular weight is 246 g/mol. The van der Waals surface area contributed by atoms with Crippen LogP contribution in [-0.4, -0.2) is 30.5 Å². The molecule has 0 rings (SSSR count). The Morgan fingerprint density at radius 2 is 1.82 bits per heavy atom. The third kappa shape index (κ3) is 11.6. The van der Waals surface area contributed by atoms with E-state index in [4.69, 9.17) is 21.3 Å². The van der Waals surface area contributed by atoms with E-state index in [0.29, 0.717) is 19.4 Å². The normalized spacial score (nSPS) is 12.4. The third-order valence-electron chi connectivity index (χ3n) is 2.51. The summed E-state index contributed by atoms with van der Waals surface area (Å²) in [5.41, 5.74) is 11.0. The minimum Gasteiger partial charge on any atom is -0.447 e. The van der Waals surface area contributed by atoms with Gasteiger partial charge in [-0.05, 0) is 38.6 Å². The molecule has 0 aliphatic carbocycles. The van der Waals surface area contributed by atoms with Crippen LogP contribution in [0, 0.1) is 0 Å². The van der Waals surface area contributed by atoms with Crippen molar-refractivity contribution >= 4 is 5.97 Å². The average Bonchev–Trinajstić information content (AvgIpc) is 2.30. The first-order chi connectivity index (χ1) is 8.20. The predicted molar refractivity (Wildman–Crippen MR) is 67.1 cm³/mol. The summed E-state index contributed by atoms with van der Waals surface area (Å²) < 4.78 is 5.06. The highest BCUT2D eigenvalue weighted by atomic mass is 16.6. The van der Waals surface area contributed by atoms with Crippen LogP contribution in [0.3, 0.4) is 0 Å². The first-order valence-electron chi connectivity index (χ1n) is 6.46. The van der Waals surface area contributed by atoms with Gasteiger partial charge in [0.2, 0.25) is 0 Å². The number of aliphatic hydroxyl groups excluding tert-OH is 1. The SMILES string of the molecule is NCCCCCC(N)OC(=O)CCCCCO. The Balaban J connectivity index is 3.38. The van der Waals surface area contributed by atoms with Crippen LogP contribution in [-0.2, 0) is 9.53 Å². The van der Waals surface area contributed by atoms with Gasteiger partial charge in [-0.2, -0.15) is 0 Å². The number of carbonyl (C=O) groups excluding carboxylic acids is 1. The molecule has 5 nitrogen and oxygen atoms in total. The molecule has 102 valence electrons. The van der Waals surface area contributed by atoms with Gasteiger partial charge in [-0.25, -0.2) is 0 Å². The zero-order chi connectivity index (χ0) is 12.9. The molecule has 0 aliphatic rings. The Bertz CT molecular complexity index is 189. The van der Waals surface area contributed by atoms with E-state index in [2.05, 4.69) is 0 Å². The predicted octanol–water partition coefficient (Wildman–Crippen LogP) is 0.886. The van der Waals surface area contributed by atoms with Gasteiger partial charge >= 0.3 is 5.97 Å². The van der Waals surface area contributed by atoms with Crippen molar-refractivity contribution < 1.29 is 14.6 Å². The maximum Gasteiger partial charge on any atom is 0.307 e. The molecule has 0 heterocycles. The van der Waals surface area contributed by atoms with Gasteiger partial charge < -0.3 is 15.6 Å². The maximum atomic E-state index is 11.3. The van der Waals surface area contributed by atoms with Crippen molar-refractivity contribution in [3.8, 4) is 0 Å². The fourth-order valence-electron chi connectivity index (χ4n) is 1.51.